The molecule has 0 aliphatic rings. The zero-order valence-electron chi connectivity index (χ0n) is 10.6. The van der Waals surface area contributed by atoms with E-state index in [1.54, 1.807) is 18.2 Å². The first-order valence-corrected chi connectivity index (χ1v) is 6.61. The van der Waals surface area contributed by atoms with Crippen molar-refractivity contribution >= 4 is 21.7 Å². The van der Waals surface area contributed by atoms with Crippen molar-refractivity contribution in [2.45, 2.75) is 6.42 Å². The van der Waals surface area contributed by atoms with Crippen molar-refractivity contribution in [3.05, 3.63) is 63.6 Å². The van der Waals surface area contributed by atoms with Gasteiger partial charge in [-0.1, -0.05) is 22.0 Å². The molecule has 0 aliphatic carbocycles. The molecule has 0 spiro atoms. The highest BCUT2D eigenvalue weighted by molar-refractivity contribution is 9.10. The minimum absolute atomic E-state index is 0.0187. The molecule has 104 valence electrons. The molecule has 2 rings (SSSR count). The number of halogens is 3. The van der Waals surface area contributed by atoms with Crippen LogP contribution >= 0.6 is 15.9 Å². The van der Waals surface area contributed by atoms with Gasteiger partial charge in [0.05, 0.1) is 12.7 Å². The first-order chi connectivity index (χ1) is 9.51. The molecule has 0 saturated heterocycles. The number of ether oxygens (including phenoxy) is 1. The number of hydrogen-bond acceptors (Lipinski definition) is 2. The van der Waals surface area contributed by atoms with E-state index in [4.69, 9.17) is 4.74 Å². The van der Waals surface area contributed by atoms with Crippen LogP contribution in [0.15, 0.2) is 40.9 Å². The van der Waals surface area contributed by atoms with Gasteiger partial charge in [-0.15, -0.1) is 0 Å². The molecule has 2 aromatic carbocycles. The Morgan fingerprint density at radius 3 is 2.55 bits per heavy atom. The number of benzene rings is 2. The van der Waals surface area contributed by atoms with Crippen molar-refractivity contribution in [1.29, 1.82) is 0 Å². The first kappa shape index (κ1) is 14.7. The summed E-state index contributed by atoms with van der Waals surface area (Å²) in [6, 6.07) is 8.46. The van der Waals surface area contributed by atoms with E-state index in [1.807, 2.05) is 0 Å². The van der Waals surface area contributed by atoms with E-state index in [-0.39, 0.29) is 12.2 Å². The Hall–Kier alpha value is -1.75. The molecule has 0 radical (unpaired) electrons. The molecular formula is C15H11BrF2O2. The molecule has 5 heteroatoms. The molecule has 0 aromatic heterocycles. The Morgan fingerprint density at radius 1 is 1.15 bits per heavy atom. The van der Waals surface area contributed by atoms with E-state index in [0.717, 1.165) is 16.6 Å². The van der Waals surface area contributed by atoms with Crippen LogP contribution in [-0.4, -0.2) is 12.9 Å². The Morgan fingerprint density at radius 2 is 1.90 bits per heavy atom. The predicted octanol–water partition coefficient (Wildman–Crippen LogP) is 4.16. The monoisotopic (exact) mass is 340 g/mol. The Labute approximate surface area is 123 Å². The highest BCUT2D eigenvalue weighted by Gasteiger charge is 2.14. The number of methoxy groups -OCH3 is 1. The Bertz CT molecular complexity index is 656. The van der Waals surface area contributed by atoms with Crippen LogP contribution in [0.3, 0.4) is 0 Å². The summed E-state index contributed by atoms with van der Waals surface area (Å²) in [6.45, 7) is 0. The van der Waals surface area contributed by atoms with Gasteiger partial charge in [-0.25, -0.2) is 8.78 Å². The highest BCUT2D eigenvalue weighted by Crippen LogP contribution is 2.25. The largest absolute Gasteiger partial charge is 0.496 e. The number of hydrogen-bond donors (Lipinski definition) is 0. The number of carbonyl (C=O) groups is 1. The van der Waals surface area contributed by atoms with Crippen molar-refractivity contribution in [3.8, 4) is 5.75 Å². The molecule has 2 nitrogen and oxygen atoms in total. The number of rotatable bonds is 4. The lowest BCUT2D eigenvalue weighted by molar-refractivity contribution is 0.0990. The van der Waals surface area contributed by atoms with Crippen LogP contribution in [0.5, 0.6) is 5.75 Å². The summed E-state index contributed by atoms with van der Waals surface area (Å²) in [5.74, 6) is -1.67. The third-order valence-electron chi connectivity index (χ3n) is 2.81. The fraction of sp³-hybridized carbons (Fsp3) is 0.133. The lowest BCUT2D eigenvalue weighted by Gasteiger charge is -2.08. The van der Waals surface area contributed by atoms with Gasteiger partial charge in [0.1, 0.15) is 5.75 Å². The Kier molecular flexibility index (Phi) is 4.49. The zero-order chi connectivity index (χ0) is 14.7. The fourth-order valence-electron chi connectivity index (χ4n) is 1.83. The molecular weight excluding hydrogens is 330 g/mol. The van der Waals surface area contributed by atoms with E-state index in [9.17, 15) is 13.6 Å². The van der Waals surface area contributed by atoms with Crippen LogP contribution in [0, 0.1) is 11.6 Å². The fourth-order valence-corrected chi connectivity index (χ4v) is 2.17. The van der Waals surface area contributed by atoms with Crippen LogP contribution < -0.4 is 4.74 Å². The second kappa shape index (κ2) is 6.13. The van der Waals surface area contributed by atoms with E-state index >= 15 is 0 Å². The van der Waals surface area contributed by atoms with Gasteiger partial charge in [-0.05, 0) is 35.9 Å². The van der Waals surface area contributed by atoms with Crippen LogP contribution in [0.2, 0.25) is 0 Å². The van der Waals surface area contributed by atoms with E-state index in [1.165, 1.54) is 13.2 Å². The first-order valence-electron chi connectivity index (χ1n) is 5.82. The van der Waals surface area contributed by atoms with E-state index < -0.39 is 11.6 Å². The van der Waals surface area contributed by atoms with Gasteiger partial charge in [-0.3, -0.25) is 4.79 Å². The molecule has 0 aliphatic heterocycles. The van der Waals surface area contributed by atoms with Gasteiger partial charge >= 0.3 is 0 Å². The highest BCUT2D eigenvalue weighted by atomic mass is 79.9. The molecule has 20 heavy (non-hydrogen) atoms. The number of carbonyl (C=O) groups excluding carboxylic acids is 1. The van der Waals surface area contributed by atoms with Gasteiger partial charge in [-0.2, -0.15) is 0 Å². The minimum atomic E-state index is -0.960. The summed E-state index contributed by atoms with van der Waals surface area (Å²) < 4.78 is 31.9. The topological polar surface area (TPSA) is 26.3 Å². The molecule has 0 amide bonds. The average molecular weight is 341 g/mol. The van der Waals surface area contributed by atoms with Crippen molar-refractivity contribution in [2.24, 2.45) is 0 Å². The van der Waals surface area contributed by atoms with Crippen LogP contribution in [0.25, 0.3) is 0 Å². The average Bonchev–Trinajstić information content (AvgIpc) is 2.42. The normalized spacial score (nSPS) is 10.4. The zero-order valence-corrected chi connectivity index (χ0v) is 12.2. The maximum absolute atomic E-state index is 13.1. The molecule has 0 unspecified atom stereocenters. The van der Waals surface area contributed by atoms with Crippen molar-refractivity contribution in [3.63, 3.8) is 0 Å². The molecule has 2 aromatic rings. The molecule has 0 atom stereocenters. The predicted molar refractivity (Wildman–Crippen MR) is 75.1 cm³/mol. The summed E-state index contributed by atoms with van der Waals surface area (Å²) in [5.41, 5.74) is 0.819. The second-order valence-corrected chi connectivity index (χ2v) is 5.11. The third-order valence-corrected chi connectivity index (χ3v) is 3.31. The quantitative estimate of drug-likeness (QED) is 0.781. The molecule has 0 bridgehead atoms. The molecule has 0 N–H and O–H groups in total. The SMILES string of the molecule is COc1cc(Br)ccc1C(=O)Cc1ccc(F)c(F)c1. The summed E-state index contributed by atoms with van der Waals surface area (Å²) in [5, 5.41) is 0. The van der Waals surface area contributed by atoms with Crippen LogP contribution in [0.1, 0.15) is 15.9 Å². The van der Waals surface area contributed by atoms with Crippen LogP contribution in [-0.2, 0) is 6.42 Å². The van der Waals surface area contributed by atoms with Gasteiger partial charge in [0.15, 0.2) is 17.4 Å². The lowest BCUT2D eigenvalue weighted by atomic mass is 10.0. The van der Waals surface area contributed by atoms with Gasteiger partial charge in [0, 0.05) is 10.9 Å². The maximum atomic E-state index is 13.1. The third kappa shape index (κ3) is 3.22. The summed E-state index contributed by atoms with van der Waals surface area (Å²) in [4.78, 5) is 12.2. The van der Waals surface area contributed by atoms with E-state index in [2.05, 4.69) is 15.9 Å². The number of Topliss-reactive ketones (excluding diaryl/α,β-unsaturated/α-hetero) is 1. The van der Waals surface area contributed by atoms with Crippen molar-refractivity contribution < 1.29 is 18.3 Å². The summed E-state index contributed by atoms with van der Waals surface area (Å²) in [7, 11) is 1.47. The van der Waals surface area contributed by atoms with Gasteiger partial charge < -0.3 is 4.74 Å². The molecule has 0 fully saturated rings. The summed E-state index contributed by atoms with van der Waals surface area (Å²) in [6.07, 6.45) is -0.0187. The van der Waals surface area contributed by atoms with E-state index in [0.29, 0.717) is 16.9 Å². The molecule has 0 saturated carbocycles. The number of ketones is 1. The lowest BCUT2D eigenvalue weighted by Crippen LogP contribution is -2.06. The second-order valence-electron chi connectivity index (χ2n) is 4.19. The van der Waals surface area contributed by atoms with Gasteiger partial charge in [0.2, 0.25) is 0 Å². The van der Waals surface area contributed by atoms with Crippen molar-refractivity contribution in [1.82, 2.24) is 0 Å². The smallest absolute Gasteiger partial charge is 0.170 e. The van der Waals surface area contributed by atoms with Gasteiger partial charge in [0.25, 0.3) is 0 Å². The Balaban J connectivity index is 2.25. The molecule has 0 heterocycles. The minimum Gasteiger partial charge on any atom is -0.496 e. The maximum Gasteiger partial charge on any atom is 0.170 e. The van der Waals surface area contributed by atoms with Crippen molar-refractivity contribution in [2.75, 3.05) is 7.11 Å². The standard InChI is InChI=1S/C15H11BrF2O2/c1-20-15-8-10(16)3-4-11(15)14(19)7-9-2-5-12(17)13(18)6-9/h2-6,8H,7H2,1H3. The van der Waals surface area contributed by atoms with Crippen LogP contribution in [0.4, 0.5) is 8.78 Å². The summed E-state index contributed by atoms with van der Waals surface area (Å²) >= 11 is 3.29.